The average Bonchev–Trinajstić information content (AvgIpc) is 2.06. The summed E-state index contributed by atoms with van der Waals surface area (Å²) in [6, 6.07) is 2.98. The predicted octanol–water partition coefficient (Wildman–Crippen LogP) is 1.06. The molecule has 3 nitrogen and oxygen atoms in total. The lowest BCUT2D eigenvalue weighted by Crippen LogP contribution is -1.98. The highest BCUT2D eigenvalue weighted by atomic mass is 16.5. The van der Waals surface area contributed by atoms with Gasteiger partial charge in [0.05, 0.1) is 15.0 Å². The molecule has 0 aliphatic heterocycles. The van der Waals surface area contributed by atoms with Crippen LogP contribution in [0.5, 0.6) is 5.88 Å². The van der Waals surface area contributed by atoms with Crippen molar-refractivity contribution in [1.82, 2.24) is 4.98 Å². The summed E-state index contributed by atoms with van der Waals surface area (Å²) in [5.74, 6) is -0.223. The first-order chi connectivity index (χ1) is 6.74. The number of aromatic nitrogens is 1. The van der Waals surface area contributed by atoms with E-state index in [1.54, 1.807) is 0 Å². The third-order valence-corrected chi connectivity index (χ3v) is 0.948. The van der Waals surface area contributed by atoms with Crippen molar-refractivity contribution in [1.29, 1.82) is 0 Å². The lowest BCUT2D eigenvalue weighted by atomic mass is 10.4. The number of rotatable bonds is 2. The highest BCUT2D eigenvalue weighted by Gasteiger charge is 1.96. The maximum Gasteiger partial charge on any atom is 0.237 e. The Morgan fingerprint density at radius 1 is 2.00 bits per heavy atom. The molecule has 0 aliphatic rings. The zero-order valence-electron chi connectivity index (χ0n) is 10.2. The number of hydrogen-bond donors (Lipinski definition) is 1. The number of hydrogen-bond acceptors (Lipinski definition) is 3. The van der Waals surface area contributed by atoms with Crippen LogP contribution in [0, 0.1) is 0 Å². The molecule has 0 spiro atoms. The van der Waals surface area contributed by atoms with E-state index >= 15 is 0 Å². The predicted molar refractivity (Wildman–Crippen MR) is 39.8 cm³/mol. The maximum absolute atomic E-state index is 7.20. The average molecular weight is 143 g/mol. The van der Waals surface area contributed by atoms with Crippen molar-refractivity contribution < 1.29 is 11.6 Å². The van der Waals surface area contributed by atoms with Crippen molar-refractivity contribution in [2.45, 2.75) is 6.85 Å². The van der Waals surface area contributed by atoms with Crippen molar-refractivity contribution in [3.63, 3.8) is 0 Å². The van der Waals surface area contributed by atoms with Crippen LogP contribution in [0.1, 0.15) is 13.7 Å². The fourth-order valence-electron chi connectivity index (χ4n) is 0.537. The molecule has 0 radical (unpaired) electrons. The summed E-state index contributed by atoms with van der Waals surface area (Å²) in [5.41, 5.74) is 5.52. The van der Waals surface area contributed by atoms with E-state index in [1.165, 1.54) is 18.3 Å². The minimum atomic E-state index is -2.89. The molecule has 0 saturated carbocycles. The molecule has 1 rings (SSSR count). The van der Waals surface area contributed by atoms with Gasteiger partial charge in [0.2, 0.25) is 5.88 Å². The second-order valence-electron chi connectivity index (χ2n) is 1.60. The fraction of sp³-hybridized carbons (Fsp3) is 0.286. The van der Waals surface area contributed by atoms with Crippen molar-refractivity contribution in [3.8, 4) is 5.88 Å². The highest BCUT2D eigenvalue weighted by molar-refractivity contribution is 5.46. The Balaban J connectivity index is 2.92. The molecule has 1 aromatic rings. The normalized spacial score (nSPS) is 19.4. The minimum Gasteiger partial charge on any atom is -0.477 e. The van der Waals surface area contributed by atoms with Crippen molar-refractivity contribution in [2.24, 2.45) is 0 Å². The standard InChI is InChI=1S/C7H10N2O/c1-2-10-7-6(8)4-3-5-9-7/h3-5H,2,8H2,1H3/i1D3,2D2. The molecule has 0 aliphatic carbocycles. The zero-order chi connectivity index (χ0) is 11.7. The van der Waals surface area contributed by atoms with Crippen LogP contribution in [-0.4, -0.2) is 11.5 Å². The first-order valence-electron chi connectivity index (χ1n) is 5.13. The molecule has 3 heteroatoms. The number of pyridine rings is 1. The summed E-state index contributed by atoms with van der Waals surface area (Å²) in [4.78, 5) is 3.64. The van der Waals surface area contributed by atoms with Crippen molar-refractivity contribution in [2.75, 3.05) is 12.3 Å². The van der Waals surface area contributed by atoms with Gasteiger partial charge in [-0.3, -0.25) is 0 Å². The Kier molecular flexibility index (Phi) is 0.849. The molecule has 0 aromatic carbocycles. The summed E-state index contributed by atoms with van der Waals surface area (Å²) in [6.45, 7) is -5.70. The summed E-state index contributed by atoms with van der Waals surface area (Å²) in [5, 5.41) is 0. The number of nitrogens with zero attached hydrogens (tertiary/aromatic N) is 1. The Bertz CT molecular complexity index is 351. The third kappa shape index (κ3) is 1.37. The molecule has 0 atom stereocenters. The van der Waals surface area contributed by atoms with Gasteiger partial charge in [-0.2, -0.15) is 0 Å². The molecular weight excluding hydrogens is 128 g/mol. The van der Waals surface area contributed by atoms with Crippen LogP contribution in [0.4, 0.5) is 5.69 Å². The molecule has 1 aromatic heterocycles. The van der Waals surface area contributed by atoms with E-state index in [0.717, 1.165) is 0 Å². The van der Waals surface area contributed by atoms with Gasteiger partial charge in [-0.25, -0.2) is 4.98 Å². The first-order valence-corrected chi connectivity index (χ1v) is 2.63. The molecule has 0 saturated heterocycles. The Labute approximate surface area is 66.9 Å². The number of anilines is 1. The summed E-state index contributed by atoms with van der Waals surface area (Å²) >= 11 is 0. The van der Waals surface area contributed by atoms with Gasteiger partial charge in [0.15, 0.2) is 0 Å². The molecule has 0 amide bonds. The van der Waals surface area contributed by atoms with E-state index in [-0.39, 0.29) is 11.6 Å². The van der Waals surface area contributed by atoms with Gasteiger partial charge in [0.1, 0.15) is 0 Å². The van der Waals surface area contributed by atoms with E-state index in [4.69, 9.17) is 12.6 Å². The van der Waals surface area contributed by atoms with Gasteiger partial charge in [-0.1, -0.05) is 0 Å². The summed E-state index contributed by atoms with van der Waals surface area (Å²) < 4.78 is 39.8. The van der Waals surface area contributed by atoms with E-state index in [0.29, 0.717) is 0 Å². The molecule has 0 fully saturated rings. The van der Waals surface area contributed by atoms with E-state index < -0.39 is 13.4 Å². The lowest BCUT2D eigenvalue weighted by molar-refractivity contribution is 0.329. The molecule has 0 bridgehead atoms. The number of nitrogen functional groups attached to an aromatic ring is 1. The van der Waals surface area contributed by atoms with Crippen LogP contribution in [0.2, 0.25) is 0 Å². The smallest absolute Gasteiger partial charge is 0.237 e. The summed E-state index contributed by atoms with van der Waals surface area (Å²) in [7, 11) is 0. The minimum absolute atomic E-state index is 0.0885. The Hall–Kier alpha value is -1.25. The molecule has 2 N–H and O–H groups in total. The van der Waals surface area contributed by atoms with Gasteiger partial charge in [0.25, 0.3) is 0 Å². The monoisotopic (exact) mass is 143 g/mol. The first kappa shape index (κ1) is 2.78. The maximum atomic E-state index is 7.20. The molecule has 54 valence electrons. The SMILES string of the molecule is [2H]C([2H])([2H])C([2H])([2H])Oc1ncccc1N. The number of ether oxygens (including phenoxy) is 1. The van der Waals surface area contributed by atoms with Crippen LogP contribution in [0.3, 0.4) is 0 Å². The quantitative estimate of drug-likeness (QED) is 0.673. The highest BCUT2D eigenvalue weighted by Crippen LogP contribution is 2.14. The zero-order valence-corrected chi connectivity index (χ0v) is 5.16. The van der Waals surface area contributed by atoms with E-state index in [9.17, 15) is 0 Å². The second kappa shape index (κ2) is 3.06. The topological polar surface area (TPSA) is 48.1 Å². The van der Waals surface area contributed by atoms with Gasteiger partial charge in [-0.05, 0) is 19.0 Å². The lowest BCUT2D eigenvalue weighted by Gasteiger charge is -2.02. The van der Waals surface area contributed by atoms with E-state index in [1.807, 2.05) is 0 Å². The Morgan fingerprint density at radius 3 is 3.60 bits per heavy atom. The summed E-state index contributed by atoms with van der Waals surface area (Å²) in [6.07, 6.45) is 1.33. The van der Waals surface area contributed by atoms with Crippen molar-refractivity contribution >= 4 is 5.69 Å². The second-order valence-corrected chi connectivity index (χ2v) is 1.60. The third-order valence-electron chi connectivity index (χ3n) is 0.948. The van der Waals surface area contributed by atoms with Gasteiger partial charge >= 0.3 is 0 Å². The van der Waals surface area contributed by atoms with Crippen LogP contribution in [0.25, 0.3) is 0 Å². The molecule has 1 heterocycles. The van der Waals surface area contributed by atoms with Crippen LogP contribution in [0.15, 0.2) is 18.3 Å². The van der Waals surface area contributed by atoms with Gasteiger partial charge < -0.3 is 10.5 Å². The van der Waals surface area contributed by atoms with Crippen LogP contribution >= 0.6 is 0 Å². The van der Waals surface area contributed by atoms with Gasteiger partial charge in [0, 0.05) is 10.3 Å². The molecular formula is C7H10N2O. The molecule has 10 heavy (non-hydrogen) atoms. The Morgan fingerprint density at radius 2 is 2.90 bits per heavy atom. The molecule has 0 unspecified atom stereocenters. The van der Waals surface area contributed by atoms with Crippen molar-refractivity contribution in [3.05, 3.63) is 18.3 Å². The van der Waals surface area contributed by atoms with Crippen LogP contribution < -0.4 is 10.5 Å². The van der Waals surface area contributed by atoms with Crippen LogP contribution in [-0.2, 0) is 0 Å². The fourth-order valence-corrected chi connectivity index (χ4v) is 0.537. The van der Waals surface area contributed by atoms with Gasteiger partial charge in [-0.15, -0.1) is 0 Å². The largest absolute Gasteiger partial charge is 0.477 e. The van der Waals surface area contributed by atoms with E-state index in [2.05, 4.69) is 9.72 Å². The number of nitrogens with two attached hydrogens (primary N) is 1.